The van der Waals surface area contributed by atoms with Gasteiger partial charge in [0.2, 0.25) is 0 Å². The van der Waals surface area contributed by atoms with Crippen LogP contribution in [0.5, 0.6) is 0 Å². The molecule has 0 bridgehead atoms. The lowest BCUT2D eigenvalue weighted by atomic mass is 10.0. The van der Waals surface area contributed by atoms with Crippen molar-refractivity contribution in [1.82, 2.24) is 0 Å². The second-order valence-electron chi connectivity index (χ2n) is 30.9. The minimum Gasteiger partial charge on any atom is -0.756 e. The number of allylic oxidation sites excluding steroid dienone is 6. The summed E-state index contributed by atoms with van der Waals surface area (Å²) in [6.45, 7) is 4.32. The predicted octanol–water partition coefficient (Wildman–Crippen LogP) is 28.3. The summed E-state index contributed by atoms with van der Waals surface area (Å²) >= 11 is 0. The summed E-state index contributed by atoms with van der Waals surface area (Å²) in [4.78, 5) is 38.2. The molecule has 0 aromatic rings. The fourth-order valence-corrected chi connectivity index (χ4v) is 14.0. The first-order valence-corrected chi connectivity index (χ1v) is 44.7. The van der Waals surface area contributed by atoms with Crippen LogP contribution in [0, 0.1) is 0 Å². The summed E-state index contributed by atoms with van der Waals surface area (Å²) in [5, 5.41) is 0. The Balaban J connectivity index is 3.86. The van der Waals surface area contributed by atoms with Gasteiger partial charge in [-0.3, -0.25) is 14.2 Å². The van der Waals surface area contributed by atoms with Crippen LogP contribution >= 0.6 is 7.82 Å². The van der Waals surface area contributed by atoms with Crippen LogP contribution in [0.1, 0.15) is 457 Å². The largest absolute Gasteiger partial charge is 0.756 e. The maximum Gasteiger partial charge on any atom is 0.306 e. The first-order valence-electron chi connectivity index (χ1n) is 43.2. The summed E-state index contributed by atoms with van der Waals surface area (Å²) < 4.78 is 34.5. The van der Waals surface area contributed by atoms with Gasteiger partial charge in [0.25, 0.3) is 7.82 Å². The molecule has 0 aliphatic heterocycles. The zero-order valence-electron chi connectivity index (χ0n) is 65.8. The Morgan fingerprint density at radius 3 is 0.825 bits per heavy atom. The molecule has 0 saturated heterocycles. The fraction of sp³-hybridized carbons (Fsp3) is 0.908. The van der Waals surface area contributed by atoms with Gasteiger partial charge < -0.3 is 27.9 Å². The van der Waals surface area contributed by atoms with Crippen LogP contribution in [0.15, 0.2) is 36.5 Å². The highest BCUT2D eigenvalue weighted by Gasteiger charge is 2.22. The highest BCUT2D eigenvalue weighted by atomic mass is 31.2. The molecule has 9 nitrogen and oxygen atoms in total. The number of carbonyl (C=O) groups excluding carboxylic acids is 2. The average Bonchev–Trinajstić information content (AvgIpc) is 1.69. The second-order valence-corrected chi connectivity index (χ2v) is 32.3. The van der Waals surface area contributed by atoms with E-state index in [-0.39, 0.29) is 32.0 Å². The number of hydrogen-bond acceptors (Lipinski definition) is 8. The second kappa shape index (κ2) is 78.4. The van der Waals surface area contributed by atoms with Gasteiger partial charge in [-0.05, 0) is 51.4 Å². The molecule has 97 heavy (non-hydrogen) atoms. The van der Waals surface area contributed by atoms with E-state index < -0.39 is 26.5 Å². The van der Waals surface area contributed by atoms with Gasteiger partial charge in [0.15, 0.2) is 6.10 Å². The van der Waals surface area contributed by atoms with Crippen molar-refractivity contribution in [1.29, 1.82) is 0 Å². The van der Waals surface area contributed by atoms with E-state index in [1.807, 2.05) is 21.1 Å². The van der Waals surface area contributed by atoms with Crippen molar-refractivity contribution >= 4 is 19.8 Å². The first kappa shape index (κ1) is 95.2. The monoisotopic (exact) mass is 1390 g/mol. The van der Waals surface area contributed by atoms with Crippen LogP contribution in [0.2, 0.25) is 0 Å². The lowest BCUT2D eigenvalue weighted by molar-refractivity contribution is -0.870. The van der Waals surface area contributed by atoms with E-state index in [0.29, 0.717) is 17.4 Å². The fourth-order valence-electron chi connectivity index (χ4n) is 13.3. The average molecular weight is 1390 g/mol. The van der Waals surface area contributed by atoms with Crippen LogP contribution in [-0.4, -0.2) is 70.0 Å². The molecule has 2 atom stereocenters. The van der Waals surface area contributed by atoms with Crippen molar-refractivity contribution in [2.24, 2.45) is 0 Å². The third-order valence-corrected chi connectivity index (χ3v) is 20.9. The SMILES string of the molecule is CCCCCCC/C=C\C/C=C\C/C=C\CCCCCCCCCCCCCCCCCCCCCCCCCCC(=O)OC(COC(=O)CCCCCCCCCCCCCCCCCCCCCCCCCCCCCCCCCCCC)COP(=O)([O-])OCC[N+](C)(C)C. The lowest BCUT2D eigenvalue weighted by Gasteiger charge is -2.28. The zero-order valence-corrected chi connectivity index (χ0v) is 66.7. The van der Waals surface area contributed by atoms with Gasteiger partial charge in [-0.2, -0.15) is 0 Å². The maximum atomic E-state index is 12.9. The molecule has 0 aliphatic rings. The molecule has 0 aromatic heterocycles. The minimum absolute atomic E-state index is 0.0266. The molecule has 10 heteroatoms. The van der Waals surface area contributed by atoms with Crippen LogP contribution in [0.4, 0.5) is 0 Å². The van der Waals surface area contributed by atoms with Crippen LogP contribution in [-0.2, 0) is 32.7 Å². The molecule has 0 fully saturated rings. The number of phosphoric acid groups is 1. The minimum atomic E-state index is -4.64. The predicted molar refractivity (Wildman–Crippen MR) is 421 cm³/mol. The number of esters is 2. The molecule has 0 aliphatic carbocycles. The molecule has 574 valence electrons. The summed E-state index contributed by atoms with van der Waals surface area (Å²) in [5.41, 5.74) is 0. The van der Waals surface area contributed by atoms with Crippen molar-refractivity contribution in [3.05, 3.63) is 36.5 Å². The zero-order chi connectivity index (χ0) is 70.4. The Morgan fingerprint density at radius 2 is 0.557 bits per heavy atom. The van der Waals surface area contributed by atoms with Gasteiger partial charge >= 0.3 is 11.9 Å². The topological polar surface area (TPSA) is 111 Å². The number of likely N-dealkylation sites (N-methyl/N-ethyl adjacent to an activating group) is 1. The summed E-state index contributed by atoms with van der Waals surface area (Å²) in [5.74, 6) is -0.804. The molecule has 0 heterocycles. The summed E-state index contributed by atoms with van der Waals surface area (Å²) in [7, 11) is 1.20. The van der Waals surface area contributed by atoms with Gasteiger partial charge in [-0.1, -0.05) is 429 Å². The van der Waals surface area contributed by atoms with Gasteiger partial charge in [0.05, 0.1) is 27.7 Å². The Labute approximate surface area is 605 Å². The van der Waals surface area contributed by atoms with Crippen molar-refractivity contribution in [3.63, 3.8) is 0 Å². The van der Waals surface area contributed by atoms with E-state index in [2.05, 4.69) is 50.3 Å². The molecule has 0 N–H and O–H groups in total. The molecule has 0 radical (unpaired) electrons. The highest BCUT2D eigenvalue weighted by molar-refractivity contribution is 7.45. The molecular formula is C87H168NO8P. The van der Waals surface area contributed by atoms with Crippen LogP contribution in [0.3, 0.4) is 0 Å². The third-order valence-electron chi connectivity index (χ3n) is 19.9. The Bertz CT molecular complexity index is 1730. The number of rotatable bonds is 82. The standard InChI is InChI=1S/C87H168NO8P/c1-6-8-10-12-14-16-18-20-22-24-26-28-30-32-34-36-38-40-42-43-44-45-46-48-50-52-54-56-58-60-62-64-66-68-70-72-74-76-78-80-87(90)96-85(84-95-97(91,92)94-82-81-88(3,4)5)83-93-86(89)79-77-75-73-71-69-67-65-63-61-59-57-55-53-51-49-47-41-39-37-35-33-31-29-27-25-23-21-19-17-15-13-11-9-7-2/h18,20,24,26,30,32,85H,6-17,19,21-23,25,27-29,31,33-84H2,1-5H3/b20-18-,26-24-,32-30-. The van der Waals surface area contributed by atoms with Crippen molar-refractivity contribution < 1.29 is 42.1 Å². The normalized spacial score (nSPS) is 13.1. The van der Waals surface area contributed by atoms with Crippen LogP contribution < -0.4 is 4.89 Å². The Kier molecular flexibility index (Phi) is 76.9. The third kappa shape index (κ3) is 83.1. The lowest BCUT2D eigenvalue weighted by Crippen LogP contribution is -2.37. The number of quaternary nitrogens is 1. The molecular weight excluding hydrogens is 1220 g/mol. The molecule has 0 spiro atoms. The number of unbranched alkanes of at least 4 members (excludes halogenated alkanes) is 62. The van der Waals surface area contributed by atoms with E-state index in [1.165, 1.54) is 379 Å². The number of nitrogens with zero attached hydrogens (tertiary/aromatic N) is 1. The molecule has 0 amide bonds. The maximum absolute atomic E-state index is 12.9. The Morgan fingerprint density at radius 1 is 0.320 bits per heavy atom. The molecule has 0 rings (SSSR count). The van der Waals surface area contributed by atoms with E-state index in [0.717, 1.165) is 44.9 Å². The number of phosphoric ester groups is 1. The molecule has 0 saturated carbocycles. The van der Waals surface area contributed by atoms with Gasteiger partial charge in [-0.15, -0.1) is 0 Å². The van der Waals surface area contributed by atoms with Crippen molar-refractivity contribution in [3.8, 4) is 0 Å². The number of carbonyl (C=O) groups is 2. The van der Waals surface area contributed by atoms with Gasteiger partial charge in [0.1, 0.15) is 19.8 Å². The van der Waals surface area contributed by atoms with Crippen molar-refractivity contribution in [2.45, 2.75) is 463 Å². The quantitative estimate of drug-likeness (QED) is 0.0195. The van der Waals surface area contributed by atoms with E-state index in [4.69, 9.17) is 18.5 Å². The van der Waals surface area contributed by atoms with E-state index >= 15 is 0 Å². The van der Waals surface area contributed by atoms with Crippen molar-refractivity contribution in [2.75, 3.05) is 47.5 Å². The summed E-state index contributed by atoms with van der Waals surface area (Å²) in [6.07, 6.45) is 103. The smallest absolute Gasteiger partial charge is 0.306 e. The van der Waals surface area contributed by atoms with Gasteiger partial charge in [0, 0.05) is 12.8 Å². The van der Waals surface area contributed by atoms with Crippen LogP contribution in [0.25, 0.3) is 0 Å². The molecule has 0 aromatic carbocycles. The van der Waals surface area contributed by atoms with E-state index in [9.17, 15) is 19.0 Å². The Hall–Kier alpha value is -1.77. The first-order chi connectivity index (χ1) is 47.5. The highest BCUT2D eigenvalue weighted by Crippen LogP contribution is 2.38. The molecule has 2 unspecified atom stereocenters. The number of hydrogen-bond donors (Lipinski definition) is 0. The van der Waals surface area contributed by atoms with E-state index in [1.54, 1.807) is 0 Å². The van der Waals surface area contributed by atoms with Gasteiger partial charge in [-0.25, -0.2) is 0 Å². The number of ether oxygens (including phenoxy) is 2. The summed E-state index contributed by atoms with van der Waals surface area (Å²) in [6, 6.07) is 0.